The molecule has 1 saturated heterocycles. The first-order valence-electron chi connectivity index (χ1n) is 10.6. The fourth-order valence-corrected chi connectivity index (χ4v) is 4.34. The van der Waals surface area contributed by atoms with E-state index in [2.05, 4.69) is 10.3 Å². The molecule has 2 heterocycles. The molecule has 1 fully saturated rings. The highest BCUT2D eigenvalue weighted by Gasteiger charge is 2.40. The van der Waals surface area contributed by atoms with Crippen molar-refractivity contribution in [1.82, 2.24) is 4.98 Å². The number of nitrogens with one attached hydrogen (secondary N) is 1. The molecular weight excluding hydrogens is 431 g/mol. The number of nitrogens with zero attached hydrogens (tertiary/aromatic N) is 2. The van der Waals surface area contributed by atoms with E-state index in [1.165, 1.54) is 20.1 Å². The molecule has 3 aromatic rings. The van der Waals surface area contributed by atoms with E-state index in [9.17, 15) is 18.0 Å². The fraction of sp³-hybridized carbons (Fsp3) is 0.280. The average Bonchev–Trinajstić information content (AvgIpc) is 3.30. The molecule has 0 spiro atoms. The lowest BCUT2D eigenvalue weighted by atomic mass is 9.88. The van der Waals surface area contributed by atoms with E-state index in [4.69, 9.17) is 4.74 Å². The minimum Gasteiger partial charge on any atom is -0.495 e. The van der Waals surface area contributed by atoms with Gasteiger partial charge in [0.05, 0.1) is 30.8 Å². The molecule has 1 atom stereocenters. The Morgan fingerprint density at radius 3 is 2.61 bits per heavy atom. The summed E-state index contributed by atoms with van der Waals surface area (Å²) in [5.41, 5.74) is 0.948. The molecule has 1 aromatic heterocycles. The summed E-state index contributed by atoms with van der Waals surface area (Å²) in [6.07, 6.45) is -0.781. The Kier molecular flexibility index (Phi) is 6.26. The lowest BCUT2D eigenvalue weighted by Gasteiger charge is -2.25. The highest BCUT2D eigenvalue weighted by atomic mass is 19.4. The van der Waals surface area contributed by atoms with Crippen LogP contribution in [0.5, 0.6) is 5.75 Å². The van der Waals surface area contributed by atoms with Crippen molar-refractivity contribution in [3.63, 3.8) is 0 Å². The molecule has 1 N–H and O–H groups in total. The van der Waals surface area contributed by atoms with E-state index in [-0.39, 0.29) is 16.8 Å². The number of anilines is 2. The number of pyridine rings is 1. The Morgan fingerprint density at radius 1 is 1.15 bits per heavy atom. The number of carbonyl (C=O) groups excluding carboxylic acids is 1. The van der Waals surface area contributed by atoms with Crippen molar-refractivity contribution in [3.8, 4) is 5.75 Å². The van der Waals surface area contributed by atoms with E-state index in [0.29, 0.717) is 30.8 Å². The van der Waals surface area contributed by atoms with Crippen LogP contribution in [0.3, 0.4) is 0 Å². The van der Waals surface area contributed by atoms with Crippen LogP contribution in [-0.4, -0.2) is 31.1 Å². The van der Waals surface area contributed by atoms with Crippen LogP contribution >= 0.6 is 0 Å². The van der Waals surface area contributed by atoms with E-state index in [0.717, 1.165) is 5.69 Å². The first-order chi connectivity index (χ1) is 15.8. The standard InChI is InChI=1S/C25H24F3N3O2/c1-16-8-9-21(30-24(32)17-6-4-3-5-7-17)22(23(16)25(26,27)28)18-10-11-31(15-18)19-12-20(33-2)14-29-13-19/h3-9,12-14,18H,10-11,15H2,1-2H3,(H,30,32). The Bertz CT molecular complexity index is 1150. The second-order valence-corrected chi connectivity index (χ2v) is 8.05. The van der Waals surface area contributed by atoms with Gasteiger partial charge in [0.1, 0.15) is 5.75 Å². The van der Waals surface area contributed by atoms with Gasteiger partial charge >= 0.3 is 6.18 Å². The molecule has 33 heavy (non-hydrogen) atoms. The summed E-state index contributed by atoms with van der Waals surface area (Å²) < 4.78 is 47.7. The van der Waals surface area contributed by atoms with Crippen LogP contribution in [0, 0.1) is 6.92 Å². The second kappa shape index (κ2) is 9.13. The first kappa shape index (κ1) is 22.6. The van der Waals surface area contributed by atoms with E-state index >= 15 is 0 Å². The second-order valence-electron chi connectivity index (χ2n) is 8.05. The summed E-state index contributed by atoms with van der Waals surface area (Å²) in [5.74, 6) is -0.280. The zero-order valence-corrected chi connectivity index (χ0v) is 18.3. The van der Waals surface area contributed by atoms with Crippen LogP contribution in [0.25, 0.3) is 0 Å². The van der Waals surface area contributed by atoms with Crippen molar-refractivity contribution >= 4 is 17.3 Å². The van der Waals surface area contributed by atoms with Gasteiger partial charge in [0, 0.05) is 36.3 Å². The molecule has 0 saturated carbocycles. The van der Waals surface area contributed by atoms with Gasteiger partial charge in [-0.3, -0.25) is 9.78 Å². The molecular formula is C25H24F3N3O2. The predicted molar refractivity (Wildman–Crippen MR) is 121 cm³/mol. The van der Waals surface area contributed by atoms with Crippen molar-refractivity contribution in [1.29, 1.82) is 0 Å². The third kappa shape index (κ3) is 4.79. The lowest BCUT2D eigenvalue weighted by Crippen LogP contribution is -2.23. The van der Waals surface area contributed by atoms with Gasteiger partial charge in [-0.25, -0.2) is 0 Å². The predicted octanol–water partition coefficient (Wildman–Crippen LogP) is 5.66. The van der Waals surface area contributed by atoms with Crippen LogP contribution < -0.4 is 15.0 Å². The molecule has 8 heteroatoms. The van der Waals surface area contributed by atoms with Crippen molar-refractivity contribution in [2.45, 2.75) is 25.4 Å². The van der Waals surface area contributed by atoms with Gasteiger partial charge < -0.3 is 15.0 Å². The molecule has 4 rings (SSSR count). The normalized spacial score (nSPS) is 16.0. The highest BCUT2D eigenvalue weighted by Crippen LogP contribution is 2.44. The summed E-state index contributed by atoms with van der Waals surface area (Å²) in [4.78, 5) is 18.9. The summed E-state index contributed by atoms with van der Waals surface area (Å²) in [6.45, 7) is 2.39. The maximum absolute atomic E-state index is 14.2. The number of aromatic nitrogens is 1. The zero-order valence-electron chi connectivity index (χ0n) is 18.3. The molecule has 1 unspecified atom stereocenters. The van der Waals surface area contributed by atoms with Gasteiger partial charge in [0.25, 0.3) is 5.91 Å². The van der Waals surface area contributed by atoms with Crippen molar-refractivity contribution in [2.24, 2.45) is 0 Å². The number of amides is 1. The Hall–Kier alpha value is -3.55. The van der Waals surface area contributed by atoms with E-state index in [1.54, 1.807) is 48.8 Å². The highest BCUT2D eigenvalue weighted by molar-refractivity contribution is 6.04. The third-order valence-electron chi connectivity index (χ3n) is 5.92. The molecule has 1 aliphatic heterocycles. The van der Waals surface area contributed by atoms with Crippen molar-refractivity contribution in [3.05, 3.63) is 83.2 Å². The molecule has 0 bridgehead atoms. The van der Waals surface area contributed by atoms with Gasteiger partial charge in [-0.1, -0.05) is 24.3 Å². The number of carbonyl (C=O) groups is 1. The minimum absolute atomic E-state index is 0.130. The van der Waals surface area contributed by atoms with Gasteiger partial charge in [-0.2, -0.15) is 13.2 Å². The van der Waals surface area contributed by atoms with Gasteiger partial charge in [-0.15, -0.1) is 0 Å². The summed E-state index contributed by atoms with van der Waals surface area (Å²) in [7, 11) is 1.54. The number of hydrogen-bond donors (Lipinski definition) is 1. The first-order valence-corrected chi connectivity index (χ1v) is 10.6. The molecule has 0 aliphatic carbocycles. The Balaban J connectivity index is 1.71. The molecule has 1 aliphatic rings. The fourth-order valence-electron chi connectivity index (χ4n) is 4.34. The number of hydrogen-bond acceptors (Lipinski definition) is 4. The topological polar surface area (TPSA) is 54.5 Å². The van der Waals surface area contributed by atoms with Crippen LogP contribution in [0.4, 0.5) is 24.5 Å². The van der Waals surface area contributed by atoms with Gasteiger partial charge in [0.15, 0.2) is 0 Å². The quantitative estimate of drug-likeness (QED) is 0.539. The maximum atomic E-state index is 14.2. The molecule has 1 amide bonds. The van der Waals surface area contributed by atoms with E-state index in [1.807, 2.05) is 11.0 Å². The number of alkyl halides is 3. The zero-order chi connectivity index (χ0) is 23.6. The maximum Gasteiger partial charge on any atom is 0.417 e. The monoisotopic (exact) mass is 455 g/mol. The van der Waals surface area contributed by atoms with Crippen LogP contribution in [-0.2, 0) is 6.18 Å². The summed E-state index contributed by atoms with van der Waals surface area (Å²) in [6, 6.07) is 13.2. The number of aryl methyl sites for hydroxylation is 1. The number of halogens is 3. The largest absolute Gasteiger partial charge is 0.495 e. The van der Waals surface area contributed by atoms with Crippen LogP contribution in [0.15, 0.2) is 60.9 Å². The molecule has 0 radical (unpaired) electrons. The van der Waals surface area contributed by atoms with Crippen LogP contribution in [0.2, 0.25) is 0 Å². The molecule has 2 aromatic carbocycles. The van der Waals surface area contributed by atoms with Crippen molar-refractivity contribution < 1.29 is 22.7 Å². The average molecular weight is 455 g/mol. The number of ether oxygens (including phenoxy) is 1. The Labute approximate surface area is 190 Å². The Morgan fingerprint density at radius 2 is 1.91 bits per heavy atom. The molecule has 5 nitrogen and oxygen atoms in total. The molecule has 172 valence electrons. The lowest BCUT2D eigenvalue weighted by molar-refractivity contribution is -0.138. The SMILES string of the molecule is COc1cncc(N2CCC(c3c(NC(=O)c4ccccc4)ccc(C)c3C(F)(F)F)C2)c1. The number of methoxy groups -OCH3 is 1. The number of benzene rings is 2. The summed E-state index contributed by atoms with van der Waals surface area (Å²) in [5, 5.41) is 2.73. The van der Waals surface area contributed by atoms with Gasteiger partial charge in [-0.05, 0) is 42.7 Å². The third-order valence-corrected chi connectivity index (χ3v) is 5.92. The summed E-state index contributed by atoms with van der Waals surface area (Å²) >= 11 is 0. The van der Waals surface area contributed by atoms with E-state index < -0.39 is 23.6 Å². The van der Waals surface area contributed by atoms with Gasteiger partial charge in [0.2, 0.25) is 0 Å². The smallest absolute Gasteiger partial charge is 0.417 e. The van der Waals surface area contributed by atoms with Crippen LogP contribution in [0.1, 0.15) is 39.4 Å². The van der Waals surface area contributed by atoms with Crippen molar-refractivity contribution in [2.75, 3.05) is 30.4 Å². The minimum atomic E-state index is -4.54. The number of rotatable bonds is 5.